The fourth-order valence-corrected chi connectivity index (χ4v) is 2.94. The van der Waals surface area contributed by atoms with E-state index < -0.39 is 10.8 Å². The Morgan fingerprint density at radius 2 is 1.78 bits per heavy atom. The molecule has 0 saturated heterocycles. The van der Waals surface area contributed by atoms with Crippen LogP contribution >= 0.6 is 0 Å². The molecule has 0 fully saturated rings. The van der Waals surface area contributed by atoms with Gasteiger partial charge in [0.2, 0.25) is 0 Å². The summed E-state index contributed by atoms with van der Waals surface area (Å²) in [4.78, 5) is 4.93. The van der Waals surface area contributed by atoms with E-state index in [4.69, 9.17) is 0 Å². The molecular formula is C17H20FN3OS. The first-order valence-corrected chi connectivity index (χ1v) is 8.63. The highest BCUT2D eigenvalue weighted by molar-refractivity contribution is 7.85. The fraction of sp³-hybridized carbons (Fsp3) is 0.235. The molecule has 2 rings (SSSR count). The second kappa shape index (κ2) is 9.05. The molecule has 0 saturated carbocycles. The molecule has 2 aromatic rings. The van der Waals surface area contributed by atoms with E-state index >= 15 is 0 Å². The van der Waals surface area contributed by atoms with E-state index in [1.54, 1.807) is 19.2 Å². The summed E-state index contributed by atoms with van der Waals surface area (Å²) < 4.78 is 24.9. The quantitative estimate of drug-likeness (QED) is 0.630. The molecule has 0 amide bonds. The number of hydrogen-bond donors (Lipinski definition) is 2. The number of nitrogens with one attached hydrogen (secondary N) is 2. The lowest BCUT2D eigenvalue weighted by Crippen LogP contribution is -2.38. The van der Waals surface area contributed by atoms with Crippen LogP contribution in [-0.2, 0) is 17.3 Å². The van der Waals surface area contributed by atoms with Crippen molar-refractivity contribution in [3.05, 3.63) is 66.0 Å². The van der Waals surface area contributed by atoms with Crippen LogP contribution < -0.4 is 10.6 Å². The maximum Gasteiger partial charge on any atom is 0.191 e. The number of nitrogens with zero attached hydrogens (tertiary/aromatic N) is 1. The molecule has 0 aliphatic carbocycles. The first-order chi connectivity index (χ1) is 11.2. The molecule has 2 aromatic carbocycles. The van der Waals surface area contributed by atoms with Gasteiger partial charge in [0.1, 0.15) is 5.82 Å². The van der Waals surface area contributed by atoms with Gasteiger partial charge in [0.15, 0.2) is 5.96 Å². The van der Waals surface area contributed by atoms with Crippen molar-refractivity contribution in [3.63, 3.8) is 0 Å². The van der Waals surface area contributed by atoms with Crippen molar-refractivity contribution in [1.82, 2.24) is 10.6 Å². The van der Waals surface area contributed by atoms with Crippen LogP contribution in [0.5, 0.6) is 0 Å². The minimum absolute atomic E-state index is 0.250. The van der Waals surface area contributed by atoms with Crippen molar-refractivity contribution in [2.24, 2.45) is 4.99 Å². The average molecular weight is 333 g/mol. The number of benzene rings is 2. The van der Waals surface area contributed by atoms with Gasteiger partial charge in [-0.1, -0.05) is 30.3 Å². The maximum absolute atomic E-state index is 12.8. The van der Waals surface area contributed by atoms with Crippen LogP contribution in [0.4, 0.5) is 4.39 Å². The molecule has 6 heteroatoms. The second-order valence-electron chi connectivity index (χ2n) is 4.84. The predicted octanol–water partition coefficient (Wildman–Crippen LogP) is 2.30. The van der Waals surface area contributed by atoms with Crippen molar-refractivity contribution in [2.45, 2.75) is 11.4 Å². The lowest BCUT2D eigenvalue weighted by atomic mass is 10.2. The smallest absolute Gasteiger partial charge is 0.191 e. The van der Waals surface area contributed by atoms with Gasteiger partial charge in [0, 0.05) is 30.8 Å². The molecule has 0 bridgehead atoms. The third kappa shape index (κ3) is 5.83. The normalized spacial score (nSPS) is 12.7. The van der Waals surface area contributed by atoms with Crippen molar-refractivity contribution in [3.8, 4) is 0 Å². The van der Waals surface area contributed by atoms with Crippen molar-refractivity contribution >= 4 is 16.8 Å². The summed E-state index contributed by atoms with van der Waals surface area (Å²) in [7, 11) is 0.643. The lowest BCUT2D eigenvalue weighted by molar-refractivity contribution is 0.626. The first-order valence-electron chi connectivity index (χ1n) is 7.31. The van der Waals surface area contributed by atoms with Gasteiger partial charge in [-0.15, -0.1) is 0 Å². The zero-order valence-corrected chi connectivity index (χ0v) is 13.8. The Morgan fingerprint density at radius 1 is 1.09 bits per heavy atom. The van der Waals surface area contributed by atoms with Gasteiger partial charge in [0.05, 0.1) is 10.8 Å². The third-order valence-corrected chi connectivity index (χ3v) is 4.56. The van der Waals surface area contributed by atoms with E-state index in [0.717, 1.165) is 10.5 Å². The summed E-state index contributed by atoms with van der Waals surface area (Å²) in [5.74, 6) is 0.875. The minimum Gasteiger partial charge on any atom is -0.355 e. The summed E-state index contributed by atoms with van der Waals surface area (Å²) in [6.45, 7) is 1.09. The van der Waals surface area contributed by atoms with Gasteiger partial charge in [-0.05, 0) is 29.8 Å². The van der Waals surface area contributed by atoms with E-state index in [2.05, 4.69) is 15.6 Å². The summed E-state index contributed by atoms with van der Waals surface area (Å²) in [6.07, 6.45) is 0. The highest BCUT2D eigenvalue weighted by Crippen LogP contribution is 2.04. The number of halogens is 1. The Hall–Kier alpha value is -2.21. The third-order valence-electron chi connectivity index (χ3n) is 3.18. The van der Waals surface area contributed by atoms with Crippen molar-refractivity contribution in [2.75, 3.05) is 19.3 Å². The van der Waals surface area contributed by atoms with Gasteiger partial charge in [-0.25, -0.2) is 4.39 Å². The van der Waals surface area contributed by atoms with Crippen LogP contribution in [-0.4, -0.2) is 29.5 Å². The molecule has 0 radical (unpaired) electrons. The number of guanidine groups is 1. The highest BCUT2D eigenvalue weighted by Gasteiger charge is 2.04. The fourth-order valence-electron chi connectivity index (χ4n) is 1.96. The van der Waals surface area contributed by atoms with Crippen LogP contribution in [0.15, 0.2) is 64.5 Å². The Bertz CT molecular complexity index is 659. The lowest BCUT2D eigenvalue weighted by Gasteiger charge is -2.12. The van der Waals surface area contributed by atoms with Gasteiger partial charge in [-0.3, -0.25) is 9.20 Å². The average Bonchev–Trinajstić information content (AvgIpc) is 2.60. The van der Waals surface area contributed by atoms with Crippen molar-refractivity contribution < 1.29 is 8.60 Å². The summed E-state index contributed by atoms with van der Waals surface area (Å²) >= 11 is 0. The van der Waals surface area contributed by atoms with Gasteiger partial charge < -0.3 is 10.6 Å². The summed E-state index contributed by atoms with van der Waals surface area (Å²) in [5.41, 5.74) is 0.960. The van der Waals surface area contributed by atoms with Crippen LogP contribution in [0.1, 0.15) is 5.56 Å². The molecule has 1 unspecified atom stereocenters. The van der Waals surface area contributed by atoms with Gasteiger partial charge in [0.25, 0.3) is 0 Å². The van der Waals surface area contributed by atoms with Crippen LogP contribution in [0.2, 0.25) is 0 Å². The zero-order chi connectivity index (χ0) is 16.5. The molecule has 4 nitrogen and oxygen atoms in total. The summed E-state index contributed by atoms with van der Waals surface area (Å²) in [5, 5.41) is 6.26. The molecule has 1 atom stereocenters. The SMILES string of the molecule is CN=C(NCCS(=O)c1ccccc1)NCc1ccc(F)cc1. The minimum atomic E-state index is -1.03. The molecule has 0 aliphatic heterocycles. The second-order valence-corrected chi connectivity index (χ2v) is 6.41. The van der Waals surface area contributed by atoms with Crippen LogP contribution in [0, 0.1) is 5.82 Å². The van der Waals surface area contributed by atoms with Gasteiger partial charge in [-0.2, -0.15) is 0 Å². The molecule has 0 spiro atoms. The molecular weight excluding hydrogens is 313 g/mol. The Morgan fingerprint density at radius 3 is 2.43 bits per heavy atom. The molecule has 122 valence electrons. The molecule has 23 heavy (non-hydrogen) atoms. The van der Waals surface area contributed by atoms with Crippen molar-refractivity contribution in [1.29, 1.82) is 0 Å². The van der Waals surface area contributed by atoms with E-state index in [1.807, 2.05) is 30.3 Å². The van der Waals surface area contributed by atoms with Gasteiger partial charge >= 0.3 is 0 Å². The molecule has 0 aliphatic rings. The Labute approximate surface area is 138 Å². The number of hydrogen-bond acceptors (Lipinski definition) is 2. The zero-order valence-electron chi connectivity index (χ0n) is 13.0. The first kappa shape index (κ1) is 17.1. The highest BCUT2D eigenvalue weighted by atomic mass is 32.2. The standard InChI is InChI=1S/C17H20FN3OS/c1-19-17(21-13-14-7-9-15(18)10-8-14)20-11-12-23(22)16-5-3-2-4-6-16/h2-10H,11-13H2,1H3,(H2,19,20,21). The number of aliphatic imine (C=N–C) groups is 1. The van der Waals surface area contributed by atoms with Crippen LogP contribution in [0.3, 0.4) is 0 Å². The monoisotopic (exact) mass is 333 g/mol. The van der Waals surface area contributed by atoms with E-state index in [9.17, 15) is 8.60 Å². The topological polar surface area (TPSA) is 53.5 Å². The Kier molecular flexibility index (Phi) is 6.75. The largest absolute Gasteiger partial charge is 0.355 e. The van der Waals surface area contributed by atoms with E-state index in [0.29, 0.717) is 24.8 Å². The van der Waals surface area contributed by atoms with E-state index in [1.165, 1.54) is 12.1 Å². The maximum atomic E-state index is 12.8. The molecule has 2 N–H and O–H groups in total. The summed E-state index contributed by atoms with van der Waals surface area (Å²) in [6, 6.07) is 15.7. The number of rotatable bonds is 6. The molecule has 0 heterocycles. The van der Waals surface area contributed by atoms with Crippen LogP contribution in [0.25, 0.3) is 0 Å². The predicted molar refractivity (Wildman–Crippen MR) is 92.3 cm³/mol. The van der Waals surface area contributed by atoms with E-state index in [-0.39, 0.29) is 5.82 Å². The Balaban J connectivity index is 1.75. The molecule has 0 aromatic heterocycles.